The van der Waals surface area contributed by atoms with Crippen LogP contribution in [-0.4, -0.2) is 73.2 Å². The van der Waals surface area contributed by atoms with Gasteiger partial charge in [-0.2, -0.15) is 9.44 Å². The third kappa shape index (κ3) is 12.1. The lowest BCUT2D eigenvalue weighted by Gasteiger charge is -2.12. The Hall–Kier alpha value is -4.38. The zero-order valence-corrected chi connectivity index (χ0v) is 23.3. The molecule has 0 aliphatic heterocycles. The number of sulfonamides is 2. The van der Waals surface area contributed by atoms with E-state index >= 15 is 0 Å². The van der Waals surface area contributed by atoms with Crippen molar-refractivity contribution in [3.8, 4) is 0 Å². The molecule has 0 aliphatic rings. The summed E-state index contributed by atoms with van der Waals surface area (Å²) in [6.07, 6.45) is 4.60. The van der Waals surface area contributed by atoms with E-state index in [0.29, 0.717) is 11.1 Å². The summed E-state index contributed by atoms with van der Waals surface area (Å²) in [5.41, 5.74) is 1.03. The molecule has 0 aliphatic carbocycles. The van der Waals surface area contributed by atoms with Crippen molar-refractivity contribution >= 4 is 56.1 Å². The highest BCUT2D eigenvalue weighted by atomic mass is 32.2. The standard InChI is InChI=1S/C13H15NO6S.C12H13NO6S/c1-2-11(13(17)18)14-21(19,20)10-6-3-9(4-7-10)5-8-12(15)16;1-8(12(16)17)13-20(18,19)10-5-2-9(3-6-10)4-7-11(14)15/h3-8,11,14H,2H2,1H3,(H,15,16)(H,17,18);2-8,13H,1H3,(H,14,15)(H,16,17)/b8-5+;7-4+/t11-;8-/m01/s1. The molecule has 0 bridgehead atoms. The van der Waals surface area contributed by atoms with E-state index in [0.717, 1.165) is 12.2 Å². The van der Waals surface area contributed by atoms with Gasteiger partial charge >= 0.3 is 23.9 Å². The summed E-state index contributed by atoms with van der Waals surface area (Å²) in [5.74, 6) is -4.75. The number of carbonyl (C=O) groups is 4. The highest BCUT2D eigenvalue weighted by molar-refractivity contribution is 7.89. The van der Waals surface area contributed by atoms with Gasteiger partial charge in [-0.25, -0.2) is 26.4 Å². The zero-order chi connectivity index (χ0) is 31.4. The van der Waals surface area contributed by atoms with Gasteiger partial charge < -0.3 is 20.4 Å². The molecule has 14 nitrogen and oxygen atoms in total. The van der Waals surface area contributed by atoms with Gasteiger partial charge in [0.15, 0.2) is 0 Å². The van der Waals surface area contributed by atoms with Crippen molar-refractivity contribution in [2.75, 3.05) is 0 Å². The van der Waals surface area contributed by atoms with Crippen LogP contribution in [-0.2, 0) is 39.2 Å². The lowest BCUT2D eigenvalue weighted by Crippen LogP contribution is -2.40. The molecule has 2 rings (SSSR count). The molecule has 222 valence electrons. The van der Waals surface area contributed by atoms with Crippen LogP contribution in [0, 0.1) is 0 Å². The summed E-state index contributed by atoms with van der Waals surface area (Å²) >= 11 is 0. The van der Waals surface area contributed by atoms with Crippen molar-refractivity contribution in [2.24, 2.45) is 0 Å². The molecule has 0 heterocycles. The van der Waals surface area contributed by atoms with Crippen molar-refractivity contribution in [3.63, 3.8) is 0 Å². The number of hydrogen-bond donors (Lipinski definition) is 6. The third-order valence-electron chi connectivity index (χ3n) is 4.92. The summed E-state index contributed by atoms with van der Waals surface area (Å²) < 4.78 is 51.8. The fourth-order valence-electron chi connectivity index (χ4n) is 2.77. The first-order valence-corrected chi connectivity index (χ1v) is 14.5. The third-order valence-corrected chi connectivity index (χ3v) is 7.97. The Balaban J connectivity index is 0.000000410. The van der Waals surface area contributed by atoms with Crippen LogP contribution in [0.2, 0.25) is 0 Å². The fraction of sp³-hybridized carbons (Fsp3) is 0.200. The maximum Gasteiger partial charge on any atom is 0.328 e. The average Bonchev–Trinajstić information content (AvgIpc) is 2.89. The molecule has 0 radical (unpaired) electrons. The molecule has 2 aromatic carbocycles. The second kappa shape index (κ2) is 15.4. The molecule has 0 amide bonds. The van der Waals surface area contributed by atoms with Gasteiger partial charge in [0.1, 0.15) is 12.1 Å². The van der Waals surface area contributed by atoms with Crippen LogP contribution in [0.1, 0.15) is 31.4 Å². The van der Waals surface area contributed by atoms with Crippen molar-refractivity contribution in [2.45, 2.75) is 42.1 Å². The topological polar surface area (TPSA) is 242 Å². The van der Waals surface area contributed by atoms with Gasteiger partial charge in [0, 0.05) is 12.2 Å². The second-order valence-electron chi connectivity index (χ2n) is 8.08. The van der Waals surface area contributed by atoms with Gasteiger partial charge in [0.2, 0.25) is 20.0 Å². The Morgan fingerprint density at radius 2 is 1.05 bits per heavy atom. The van der Waals surface area contributed by atoms with Crippen LogP contribution < -0.4 is 9.44 Å². The number of carboxylic acids is 4. The molecule has 2 atom stereocenters. The van der Waals surface area contributed by atoms with Crippen molar-refractivity contribution in [1.29, 1.82) is 0 Å². The second-order valence-corrected chi connectivity index (χ2v) is 11.5. The molecule has 41 heavy (non-hydrogen) atoms. The average molecular weight is 613 g/mol. The van der Waals surface area contributed by atoms with E-state index in [2.05, 4.69) is 4.72 Å². The fourth-order valence-corrected chi connectivity index (χ4v) is 5.24. The van der Waals surface area contributed by atoms with Crippen molar-refractivity contribution in [3.05, 3.63) is 71.8 Å². The minimum atomic E-state index is -3.94. The van der Waals surface area contributed by atoms with E-state index in [9.17, 15) is 36.0 Å². The smallest absolute Gasteiger partial charge is 0.328 e. The summed E-state index contributed by atoms with van der Waals surface area (Å²) in [6.45, 7) is 2.77. The first-order chi connectivity index (χ1) is 19.0. The van der Waals surface area contributed by atoms with Crippen LogP contribution in [0.5, 0.6) is 0 Å². The van der Waals surface area contributed by atoms with Gasteiger partial charge in [-0.1, -0.05) is 31.2 Å². The Morgan fingerprint density at radius 1 is 0.683 bits per heavy atom. The quantitative estimate of drug-likeness (QED) is 0.176. The Labute approximate surface area is 235 Å². The lowest BCUT2D eigenvalue weighted by atomic mass is 10.2. The first-order valence-electron chi connectivity index (χ1n) is 11.5. The normalized spacial score (nSPS) is 13.2. The molecular weight excluding hydrogens is 584 g/mol. The highest BCUT2D eigenvalue weighted by Gasteiger charge is 2.24. The van der Waals surface area contributed by atoms with Crippen LogP contribution in [0.25, 0.3) is 12.2 Å². The minimum Gasteiger partial charge on any atom is -0.480 e. The summed E-state index contributed by atoms with van der Waals surface area (Å²) in [6, 6.07) is 8.33. The van der Waals surface area contributed by atoms with E-state index in [4.69, 9.17) is 20.4 Å². The lowest BCUT2D eigenvalue weighted by molar-refractivity contribution is -0.139. The Kier molecular flexibility index (Phi) is 13.0. The number of nitrogens with one attached hydrogen (secondary N) is 2. The summed E-state index contributed by atoms with van der Waals surface area (Å²) in [4.78, 5) is 42.0. The van der Waals surface area contributed by atoms with Crippen LogP contribution >= 0.6 is 0 Å². The van der Waals surface area contributed by atoms with Crippen LogP contribution in [0.4, 0.5) is 0 Å². The van der Waals surface area contributed by atoms with Gasteiger partial charge in [-0.3, -0.25) is 9.59 Å². The maximum absolute atomic E-state index is 12.0. The molecule has 6 N–H and O–H groups in total. The van der Waals surface area contributed by atoms with E-state index < -0.39 is 56.0 Å². The van der Waals surface area contributed by atoms with E-state index in [1.54, 1.807) is 6.92 Å². The first kappa shape index (κ1) is 34.6. The highest BCUT2D eigenvalue weighted by Crippen LogP contribution is 2.14. The molecule has 16 heteroatoms. The van der Waals surface area contributed by atoms with Crippen molar-refractivity contribution in [1.82, 2.24) is 9.44 Å². The van der Waals surface area contributed by atoms with E-state index in [1.165, 1.54) is 67.6 Å². The monoisotopic (exact) mass is 612 g/mol. The van der Waals surface area contributed by atoms with Crippen LogP contribution in [0.3, 0.4) is 0 Å². The minimum absolute atomic E-state index is 0.0883. The molecule has 0 spiro atoms. The predicted octanol–water partition coefficient (Wildman–Crippen LogP) is 1.46. The molecular formula is C25H28N2O12S2. The Bertz CT molecular complexity index is 1510. The maximum atomic E-state index is 12.0. The number of hydrogen-bond acceptors (Lipinski definition) is 8. The number of carboxylic acid groups (broad SMARTS) is 4. The van der Waals surface area contributed by atoms with Gasteiger partial charge in [0.05, 0.1) is 9.79 Å². The SMILES string of the molecule is CC[C@H](NS(=O)(=O)c1ccc(/C=C/C(=O)O)cc1)C(=O)O.C[C@@H](NS(=O)(=O)c1ccc(/C=C/C(=O)O)cc1)C(=O)O. The Morgan fingerprint density at radius 3 is 1.34 bits per heavy atom. The summed E-state index contributed by atoms with van der Waals surface area (Å²) in [5, 5.41) is 34.5. The van der Waals surface area contributed by atoms with Gasteiger partial charge in [-0.05, 0) is 60.9 Å². The predicted molar refractivity (Wildman–Crippen MR) is 146 cm³/mol. The largest absolute Gasteiger partial charge is 0.480 e. The van der Waals surface area contributed by atoms with E-state index in [-0.39, 0.29) is 16.2 Å². The van der Waals surface area contributed by atoms with E-state index in [1.807, 2.05) is 4.72 Å². The molecule has 0 saturated heterocycles. The zero-order valence-electron chi connectivity index (χ0n) is 21.7. The molecule has 2 aromatic rings. The number of rotatable bonds is 13. The molecule has 0 saturated carbocycles. The molecule has 0 fully saturated rings. The summed E-state index contributed by atoms with van der Waals surface area (Å²) in [7, 11) is -7.86. The van der Waals surface area contributed by atoms with Gasteiger partial charge in [-0.15, -0.1) is 0 Å². The van der Waals surface area contributed by atoms with Gasteiger partial charge in [0.25, 0.3) is 0 Å². The number of benzene rings is 2. The number of aliphatic carboxylic acids is 4. The molecule has 0 aromatic heterocycles. The molecule has 0 unspecified atom stereocenters. The van der Waals surface area contributed by atoms with Crippen molar-refractivity contribution < 1.29 is 56.4 Å². The van der Waals surface area contributed by atoms with Crippen LogP contribution in [0.15, 0.2) is 70.5 Å².